The van der Waals surface area contributed by atoms with E-state index in [0.717, 1.165) is 18.2 Å². The second kappa shape index (κ2) is 14.7. The lowest BCUT2D eigenvalue weighted by atomic mass is 10.0. The molecule has 4 aromatic carbocycles. The Bertz CT molecular complexity index is 1970. The first kappa shape index (κ1) is 36.3. The third kappa shape index (κ3) is 9.32. The fraction of sp³-hybridized carbons (Fsp3) is 0.143. The smallest absolute Gasteiger partial charge is 0.429 e. The number of aryl methyl sites for hydroxylation is 1. The minimum Gasteiger partial charge on any atom is -0.429 e. The summed E-state index contributed by atoms with van der Waals surface area (Å²) in [4.78, 5) is 0. The number of halogens is 12. The summed E-state index contributed by atoms with van der Waals surface area (Å²) in [5.74, 6) is -4.94. The summed E-state index contributed by atoms with van der Waals surface area (Å²) in [5, 5.41) is 0. The van der Waals surface area contributed by atoms with Gasteiger partial charge < -0.3 is 9.47 Å². The molecule has 0 atom stereocenters. The van der Waals surface area contributed by atoms with Crippen molar-refractivity contribution < 1.29 is 62.2 Å². The predicted octanol–water partition coefficient (Wildman–Crippen LogP) is 10.00. The van der Waals surface area contributed by atoms with Crippen LogP contribution in [0, 0.1) is 64.4 Å². The second-order valence-electron chi connectivity index (χ2n) is 9.93. The van der Waals surface area contributed by atoms with Crippen LogP contribution in [0.25, 0.3) is 0 Å². The highest BCUT2D eigenvalue weighted by Crippen LogP contribution is 2.36. The summed E-state index contributed by atoms with van der Waals surface area (Å²) in [6, 6.07) is 5.77. The largest absolute Gasteiger partial charge is 0.573 e. The standard InChI is InChI=1S/C35H18F12O2/c1-2-3-4-5-20-13-28(39)32(29(40)14-20)34(43,44)48-23-17-26(37)24(27(38)18-23)11-8-19-6-9-22(25(36)12-19)10-7-21-15-30(41)33(31(42)16-21)49-35(45,46)47/h2-3,6,9,12-18H,4-5H2,1H3/b3-2+. The summed E-state index contributed by atoms with van der Waals surface area (Å²) in [5.41, 5.74) is -3.62. The molecule has 0 aliphatic carbocycles. The van der Waals surface area contributed by atoms with Crippen LogP contribution in [0.3, 0.4) is 0 Å². The van der Waals surface area contributed by atoms with Crippen LogP contribution in [0.4, 0.5) is 52.7 Å². The lowest BCUT2D eigenvalue weighted by Gasteiger charge is -2.20. The van der Waals surface area contributed by atoms with E-state index >= 15 is 0 Å². The molecule has 0 spiro atoms. The molecular formula is C35H18F12O2. The first-order valence-electron chi connectivity index (χ1n) is 13.7. The lowest BCUT2D eigenvalue weighted by Crippen LogP contribution is -2.25. The Labute approximate surface area is 270 Å². The van der Waals surface area contributed by atoms with Gasteiger partial charge in [-0.05, 0) is 67.8 Å². The first-order chi connectivity index (χ1) is 23.0. The van der Waals surface area contributed by atoms with Gasteiger partial charge in [-0.2, -0.15) is 8.78 Å². The molecule has 0 bridgehead atoms. The van der Waals surface area contributed by atoms with Gasteiger partial charge in [-0.1, -0.05) is 35.8 Å². The Morgan fingerprint density at radius 2 is 1.18 bits per heavy atom. The monoisotopic (exact) mass is 698 g/mol. The van der Waals surface area contributed by atoms with Crippen LogP contribution in [-0.4, -0.2) is 6.36 Å². The SMILES string of the molecule is C/C=C/CCc1cc(F)c(C(F)(F)Oc2cc(F)c(C#Cc3ccc(C#Cc4cc(F)c(OC(F)(F)F)c(F)c4)c(F)c3)c(F)c2)c(F)c1. The van der Waals surface area contributed by atoms with E-state index in [2.05, 4.69) is 33.2 Å². The van der Waals surface area contributed by atoms with Crippen LogP contribution in [0.15, 0.2) is 66.7 Å². The fourth-order valence-electron chi connectivity index (χ4n) is 4.21. The molecule has 49 heavy (non-hydrogen) atoms. The molecular weight excluding hydrogens is 680 g/mol. The average Bonchev–Trinajstić information content (AvgIpc) is 2.97. The second-order valence-corrected chi connectivity index (χ2v) is 9.93. The van der Waals surface area contributed by atoms with Gasteiger partial charge in [-0.3, -0.25) is 0 Å². The summed E-state index contributed by atoms with van der Waals surface area (Å²) < 4.78 is 175. The van der Waals surface area contributed by atoms with E-state index in [1.54, 1.807) is 19.1 Å². The minimum absolute atomic E-state index is 0.0932. The van der Waals surface area contributed by atoms with E-state index in [0.29, 0.717) is 42.8 Å². The van der Waals surface area contributed by atoms with Crippen LogP contribution in [-0.2, 0) is 12.5 Å². The van der Waals surface area contributed by atoms with Crippen molar-refractivity contribution in [2.24, 2.45) is 0 Å². The highest BCUT2D eigenvalue weighted by molar-refractivity contribution is 5.50. The van der Waals surface area contributed by atoms with Gasteiger partial charge >= 0.3 is 12.5 Å². The van der Waals surface area contributed by atoms with E-state index in [9.17, 15) is 52.7 Å². The molecule has 0 heterocycles. The van der Waals surface area contributed by atoms with Gasteiger partial charge in [0, 0.05) is 23.3 Å². The molecule has 0 N–H and O–H groups in total. The quantitative estimate of drug-likeness (QED) is 0.109. The molecule has 0 saturated heterocycles. The Morgan fingerprint density at radius 3 is 1.73 bits per heavy atom. The molecule has 0 fully saturated rings. The minimum atomic E-state index is -5.36. The van der Waals surface area contributed by atoms with Gasteiger partial charge in [0.25, 0.3) is 0 Å². The van der Waals surface area contributed by atoms with Crippen LogP contribution in [0.5, 0.6) is 11.5 Å². The fourth-order valence-corrected chi connectivity index (χ4v) is 4.21. The molecule has 4 aromatic rings. The van der Waals surface area contributed by atoms with Crippen molar-refractivity contribution in [2.45, 2.75) is 32.2 Å². The van der Waals surface area contributed by atoms with E-state index in [1.807, 2.05) is 0 Å². The van der Waals surface area contributed by atoms with E-state index in [-0.39, 0.29) is 23.1 Å². The number of hydrogen-bond acceptors (Lipinski definition) is 2. The maximum absolute atomic E-state index is 14.8. The summed E-state index contributed by atoms with van der Waals surface area (Å²) >= 11 is 0. The van der Waals surface area contributed by atoms with Crippen molar-refractivity contribution in [3.63, 3.8) is 0 Å². The topological polar surface area (TPSA) is 18.5 Å². The molecule has 0 saturated carbocycles. The highest BCUT2D eigenvalue weighted by atomic mass is 19.4. The highest BCUT2D eigenvalue weighted by Gasteiger charge is 2.41. The molecule has 0 unspecified atom stereocenters. The summed E-state index contributed by atoms with van der Waals surface area (Å²) in [6.45, 7) is 1.72. The third-order valence-corrected chi connectivity index (χ3v) is 6.35. The van der Waals surface area contributed by atoms with Crippen LogP contribution < -0.4 is 9.47 Å². The number of alkyl halides is 5. The van der Waals surface area contributed by atoms with Crippen molar-refractivity contribution in [1.82, 2.24) is 0 Å². The van der Waals surface area contributed by atoms with Gasteiger partial charge in [0.15, 0.2) is 11.6 Å². The number of hydrogen-bond donors (Lipinski definition) is 0. The van der Waals surface area contributed by atoms with Crippen LogP contribution >= 0.6 is 0 Å². The van der Waals surface area contributed by atoms with E-state index in [4.69, 9.17) is 0 Å². The normalized spacial score (nSPS) is 11.5. The van der Waals surface area contributed by atoms with Gasteiger partial charge in [-0.15, -0.1) is 13.2 Å². The van der Waals surface area contributed by atoms with Crippen molar-refractivity contribution in [2.75, 3.05) is 0 Å². The molecule has 4 rings (SSSR count). The van der Waals surface area contributed by atoms with E-state index in [1.165, 1.54) is 0 Å². The zero-order chi connectivity index (χ0) is 36.1. The molecule has 0 aliphatic rings. The van der Waals surface area contributed by atoms with Crippen LogP contribution in [0.1, 0.15) is 46.7 Å². The Hall–Kier alpha value is -5.50. The zero-order valence-electron chi connectivity index (χ0n) is 24.6. The predicted molar refractivity (Wildman–Crippen MR) is 152 cm³/mol. The molecule has 14 heteroatoms. The number of ether oxygens (including phenoxy) is 2. The maximum Gasteiger partial charge on any atom is 0.573 e. The first-order valence-corrected chi connectivity index (χ1v) is 13.7. The van der Waals surface area contributed by atoms with Crippen molar-refractivity contribution >= 4 is 0 Å². The number of rotatable bonds is 7. The maximum atomic E-state index is 14.8. The molecule has 0 amide bonds. The van der Waals surface area contributed by atoms with Crippen molar-refractivity contribution in [1.29, 1.82) is 0 Å². The van der Waals surface area contributed by atoms with E-state index < -0.39 is 81.4 Å². The molecule has 0 radical (unpaired) electrons. The number of allylic oxidation sites excluding steroid dienone is 2. The van der Waals surface area contributed by atoms with Gasteiger partial charge in [0.2, 0.25) is 5.75 Å². The average molecular weight is 699 g/mol. The molecule has 0 aliphatic heterocycles. The van der Waals surface area contributed by atoms with Gasteiger partial charge in [0.05, 0.1) is 11.1 Å². The number of benzene rings is 4. The molecule has 2 nitrogen and oxygen atoms in total. The van der Waals surface area contributed by atoms with Gasteiger partial charge in [0.1, 0.15) is 40.4 Å². The Balaban J connectivity index is 1.51. The summed E-state index contributed by atoms with van der Waals surface area (Å²) in [7, 11) is 0. The lowest BCUT2D eigenvalue weighted by molar-refractivity contribution is -0.276. The van der Waals surface area contributed by atoms with Gasteiger partial charge in [-0.25, -0.2) is 30.7 Å². The van der Waals surface area contributed by atoms with Crippen LogP contribution in [0.2, 0.25) is 0 Å². The Kier molecular flexibility index (Phi) is 10.9. The summed E-state index contributed by atoms with van der Waals surface area (Å²) in [6.07, 6.45) is -6.09. The molecule has 0 aromatic heterocycles. The molecule has 254 valence electrons. The Morgan fingerprint density at radius 1 is 0.612 bits per heavy atom. The van der Waals surface area contributed by atoms with Crippen molar-refractivity contribution in [3.05, 3.63) is 141 Å². The zero-order valence-corrected chi connectivity index (χ0v) is 24.6. The third-order valence-electron chi connectivity index (χ3n) is 6.35. The van der Waals surface area contributed by atoms with Crippen molar-refractivity contribution in [3.8, 4) is 35.2 Å².